The summed E-state index contributed by atoms with van der Waals surface area (Å²) in [5.41, 5.74) is 4.65. The van der Waals surface area contributed by atoms with Gasteiger partial charge in [-0.2, -0.15) is 0 Å². The van der Waals surface area contributed by atoms with Gasteiger partial charge in [-0.05, 0) is 60.5 Å². The van der Waals surface area contributed by atoms with Gasteiger partial charge in [0.25, 0.3) is 0 Å². The van der Waals surface area contributed by atoms with Crippen LogP contribution in [0.25, 0.3) is 22.1 Å². The molecule has 33 heavy (non-hydrogen) atoms. The number of ether oxygens (including phenoxy) is 1. The molecule has 1 aliphatic rings. The lowest BCUT2D eigenvalue weighted by atomic mass is 10.0. The number of benzene rings is 3. The summed E-state index contributed by atoms with van der Waals surface area (Å²) >= 11 is 0. The summed E-state index contributed by atoms with van der Waals surface area (Å²) in [6, 6.07) is 23.4. The first kappa shape index (κ1) is 21.7. The third kappa shape index (κ3) is 5.44. The summed E-state index contributed by atoms with van der Waals surface area (Å²) in [4.78, 5) is 4.85. The lowest BCUT2D eigenvalue weighted by Crippen LogP contribution is -2.46. The van der Waals surface area contributed by atoms with Crippen LogP contribution < -0.4 is 4.74 Å². The Morgan fingerprint density at radius 2 is 1.52 bits per heavy atom. The molecular formula is C28H29FN2O2. The maximum Gasteiger partial charge on any atom is 0.134 e. The van der Waals surface area contributed by atoms with Crippen molar-refractivity contribution in [1.29, 1.82) is 0 Å². The average molecular weight is 445 g/mol. The Morgan fingerprint density at radius 1 is 0.818 bits per heavy atom. The molecule has 3 aromatic carbocycles. The van der Waals surface area contributed by atoms with Crippen LogP contribution in [0, 0.1) is 12.7 Å². The smallest absolute Gasteiger partial charge is 0.134 e. The minimum Gasteiger partial charge on any atom is -0.492 e. The van der Waals surface area contributed by atoms with Crippen LogP contribution in [0.5, 0.6) is 5.75 Å². The molecule has 5 rings (SSSR count). The van der Waals surface area contributed by atoms with Crippen LogP contribution >= 0.6 is 0 Å². The first-order valence-electron chi connectivity index (χ1n) is 11.5. The van der Waals surface area contributed by atoms with Crippen molar-refractivity contribution < 1.29 is 13.5 Å². The second-order valence-corrected chi connectivity index (χ2v) is 8.75. The van der Waals surface area contributed by atoms with Crippen LogP contribution in [0.4, 0.5) is 4.39 Å². The standard InChI is InChI=1S/C28H29FN2O2/c1-21-2-4-22(5-3-21)23-6-11-28-24(18-23)19-27(33-28)20-31-14-12-30(13-15-31)16-17-32-26-9-7-25(29)8-10-26/h2-11,18-19H,12-17,20H2,1H3. The van der Waals surface area contributed by atoms with Crippen molar-refractivity contribution in [2.75, 3.05) is 39.3 Å². The Kier molecular flexibility index (Phi) is 6.42. The summed E-state index contributed by atoms with van der Waals surface area (Å²) in [6.07, 6.45) is 0. The van der Waals surface area contributed by atoms with E-state index in [-0.39, 0.29) is 5.82 Å². The van der Waals surface area contributed by atoms with Crippen LogP contribution in [0.15, 0.2) is 77.2 Å². The minimum atomic E-state index is -0.241. The topological polar surface area (TPSA) is 28.9 Å². The van der Waals surface area contributed by atoms with E-state index >= 15 is 0 Å². The highest BCUT2D eigenvalue weighted by atomic mass is 19.1. The molecule has 0 spiro atoms. The van der Waals surface area contributed by atoms with E-state index in [0.29, 0.717) is 12.4 Å². The lowest BCUT2D eigenvalue weighted by molar-refractivity contribution is 0.108. The van der Waals surface area contributed by atoms with Crippen molar-refractivity contribution in [1.82, 2.24) is 9.80 Å². The second kappa shape index (κ2) is 9.77. The number of hydrogen-bond donors (Lipinski definition) is 0. The molecule has 170 valence electrons. The second-order valence-electron chi connectivity index (χ2n) is 8.75. The summed E-state index contributed by atoms with van der Waals surface area (Å²) in [7, 11) is 0. The highest BCUT2D eigenvalue weighted by Gasteiger charge is 2.18. The Labute approximate surface area is 194 Å². The molecule has 1 aliphatic heterocycles. The molecule has 4 nitrogen and oxygen atoms in total. The third-order valence-electron chi connectivity index (χ3n) is 6.29. The number of aryl methyl sites for hydroxylation is 1. The van der Waals surface area contributed by atoms with Crippen LogP contribution in [0.3, 0.4) is 0 Å². The molecule has 1 aromatic heterocycles. The third-order valence-corrected chi connectivity index (χ3v) is 6.29. The monoisotopic (exact) mass is 444 g/mol. The van der Waals surface area contributed by atoms with E-state index in [1.54, 1.807) is 12.1 Å². The van der Waals surface area contributed by atoms with E-state index in [0.717, 1.165) is 56.0 Å². The van der Waals surface area contributed by atoms with Gasteiger partial charge in [0.1, 0.15) is 29.5 Å². The highest BCUT2D eigenvalue weighted by molar-refractivity contribution is 5.84. The van der Waals surface area contributed by atoms with Gasteiger partial charge in [-0.15, -0.1) is 0 Å². The largest absolute Gasteiger partial charge is 0.492 e. The van der Waals surface area contributed by atoms with Gasteiger partial charge in [-0.3, -0.25) is 9.80 Å². The molecule has 0 bridgehead atoms. The zero-order chi connectivity index (χ0) is 22.6. The predicted octanol–water partition coefficient (Wildman–Crippen LogP) is 5.74. The van der Waals surface area contributed by atoms with E-state index < -0.39 is 0 Å². The Hall–Kier alpha value is -3.15. The van der Waals surface area contributed by atoms with Crippen molar-refractivity contribution in [3.05, 3.63) is 89.9 Å². The van der Waals surface area contributed by atoms with Crippen molar-refractivity contribution in [2.24, 2.45) is 0 Å². The molecule has 0 N–H and O–H groups in total. The van der Waals surface area contributed by atoms with Crippen molar-refractivity contribution >= 4 is 11.0 Å². The molecular weight excluding hydrogens is 415 g/mol. The van der Waals surface area contributed by atoms with E-state index in [9.17, 15) is 4.39 Å². The Morgan fingerprint density at radius 3 is 2.27 bits per heavy atom. The molecule has 1 fully saturated rings. The van der Waals surface area contributed by atoms with Crippen LogP contribution in [0.2, 0.25) is 0 Å². The molecule has 0 unspecified atom stereocenters. The summed E-state index contributed by atoms with van der Waals surface area (Å²) < 4.78 is 24.8. The van der Waals surface area contributed by atoms with Gasteiger partial charge < -0.3 is 9.15 Å². The van der Waals surface area contributed by atoms with Crippen molar-refractivity contribution in [2.45, 2.75) is 13.5 Å². The SMILES string of the molecule is Cc1ccc(-c2ccc3oc(CN4CCN(CCOc5ccc(F)cc5)CC4)cc3c2)cc1. The molecule has 0 radical (unpaired) electrons. The maximum absolute atomic E-state index is 13.0. The van der Waals surface area contributed by atoms with Crippen LogP contribution in [-0.4, -0.2) is 49.1 Å². The normalized spacial score (nSPS) is 15.2. The number of fused-ring (bicyclic) bond motifs is 1. The number of halogens is 1. The number of piperazine rings is 1. The van der Waals surface area contributed by atoms with Gasteiger partial charge in [-0.25, -0.2) is 4.39 Å². The lowest BCUT2D eigenvalue weighted by Gasteiger charge is -2.34. The van der Waals surface area contributed by atoms with Gasteiger partial charge >= 0.3 is 0 Å². The molecule has 0 aliphatic carbocycles. The van der Waals surface area contributed by atoms with E-state index in [2.05, 4.69) is 65.3 Å². The van der Waals surface area contributed by atoms with Crippen LogP contribution in [-0.2, 0) is 6.54 Å². The molecule has 0 amide bonds. The zero-order valence-corrected chi connectivity index (χ0v) is 19.0. The molecule has 5 heteroatoms. The first-order chi connectivity index (χ1) is 16.1. The minimum absolute atomic E-state index is 0.241. The Bertz CT molecular complexity index is 1190. The molecule has 0 atom stereocenters. The fraction of sp³-hybridized carbons (Fsp3) is 0.286. The fourth-order valence-electron chi connectivity index (χ4n) is 4.32. The van der Waals surface area contributed by atoms with Crippen molar-refractivity contribution in [3.63, 3.8) is 0 Å². The highest BCUT2D eigenvalue weighted by Crippen LogP contribution is 2.27. The summed E-state index contributed by atoms with van der Waals surface area (Å²) in [6.45, 7) is 8.43. The van der Waals surface area contributed by atoms with Gasteiger partial charge in [0, 0.05) is 38.1 Å². The quantitative estimate of drug-likeness (QED) is 0.363. The van der Waals surface area contributed by atoms with Crippen molar-refractivity contribution in [3.8, 4) is 16.9 Å². The van der Waals surface area contributed by atoms with Gasteiger partial charge in [0.15, 0.2) is 0 Å². The van der Waals surface area contributed by atoms with E-state index in [1.165, 1.54) is 28.8 Å². The molecule has 4 aromatic rings. The molecule has 1 saturated heterocycles. The van der Waals surface area contributed by atoms with Gasteiger partial charge in [0.2, 0.25) is 0 Å². The fourth-order valence-corrected chi connectivity index (χ4v) is 4.32. The number of furan rings is 1. The Balaban J connectivity index is 1.12. The number of rotatable bonds is 7. The first-order valence-corrected chi connectivity index (χ1v) is 11.5. The van der Waals surface area contributed by atoms with E-state index in [1.807, 2.05) is 0 Å². The number of hydrogen-bond acceptors (Lipinski definition) is 4. The molecule has 2 heterocycles. The predicted molar refractivity (Wildman–Crippen MR) is 130 cm³/mol. The van der Waals surface area contributed by atoms with Crippen LogP contribution in [0.1, 0.15) is 11.3 Å². The zero-order valence-electron chi connectivity index (χ0n) is 19.0. The van der Waals surface area contributed by atoms with Gasteiger partial charge in [0.05, 0.1) is 6.54 Å². The summed E-state index contributed by atoms with van der Waals surface area (Å²) in [5, 5.41) is 1.15. The number of nitrogens with zero attached hydrogens (tertiary/aromatic N) is 2. The summed E-state index contributed by atoms with van der Waals surface area (Å²) in [5.74, 6) is 1.49. The average Bonchev–Trinajstić information content (AvgIpc) is 3.23. The maximum atomic E-state index is 13.0. The van der Waals surface area contributed by atoms with Gasteiger partial charge in [-0.1, -0.05) is 35.9 Å². The molecule has 0 saturated carbocycles. The van der Waals surface area contributed by atoms with E-state index in [4.69, 9.17) is 9.15 Å².